The highest BCUT2D eigenvalue weighted by Crippen LogP contribution is 2.20. The van der Waals surface area contributed by atoms with Gasteiger partial charge < -0.3 is 4.90 Å². The molecule has 7 heteroatoms. The van der Waals surface area contributed by atoms with E-state index in [1.807, 2.05) is 0 Å². The van der Waals surface area contributed by atoms with Gasteiger partial charge in [-0.3, -0.25) is 14.3 Å². The molecule has 2 rings (SSSR count). The molecule has 6 nitrogen and oxygen atoms in total. The van der Waals surface area contributed by atoms with E-state index in [-0.39, 0.29) is 17.6 Å². The fraction of sp³-hybridized carbons (Fsp3) is 0.467. The number of anilines is 1. The van der Waals surface area contributed by atoms with Crippen LogP contribution in [0, 0.1) is 5.92 Å². The number of Topliss-reactive ketones (excluding diaryl/α,β-unsaturated/α-hetero) is 1. The Kier molecular flexibility index (Phi) is 4.85. The van der Waals surface area contributed by atoms with Crippen molar-refractivity contribution in [2.45, 2.75) is 19.8 Å². The first kappa shape index (κ1) is 16.5. The predicted octanol–water partition coefficient (Wildman–Crippen LogP) is 1.50. The molecule has 0 radical (unpaired) electrons. The number of piperidine rings is 1. The van der Waals surface area contributed by atoms with Crippen LogP contribution in [-0.2, 0) is 14.8 Å². The van der Waals surface area contributed by atoms with Crippen molar-refractivity contribution in [1.82, 2.24) is 4.90 Å². The van der Waals surface area contributed by atoms with Gasteiger partial charge in [-0.15, -0.1) is 0 Å². The van der Waals surface area contributed by atoms with E-state index in [0.29, 0.717) is 37.2 Å². The Labute approximate surface area is 130 Å². The number of nitrogens with one attached hydrogen (secondary N) is 1. The first-order valence-corrected chi connectivity index (χ1v) is 9.03. The van der Waals surface area contributed by atoms with Crippen LogP contribution in [0.5, 0.6) is 0 Å². The van der Waals surface area contributed by atoms with Gasteiger partial charge in [-0.2, -0.15) is 0 Å². The van der Waals surface area contributed by atoms with Crippen molar-refractivity contribution in [3.63, 3.8) is 0 Å². The summed E-state index contributed by atoms with van der Waals surface area (Å²) in [6.45, 7) is 2.74. The molecule has 0 atom stereocenters. The zero-order valence-corrected chi connectivity index (χ0v) is 13.5. The van der Waals surface area contributed by atoms with E-state index in [1.54, 1.807) is 36.1 Å². The summed E-state index contributed by atoms with van der Waals surface area (Å²) in [7, 11) is -3.32. The molecule has 1 aliphatic rings. The van der Waals surface area contributed by atoms with E-state index < -0.39 is 10.0 Å². The van der Waals surface area contributed by atoms with Crippen LogP contribution < -0.4 is 4.72 Å². The van der Waals surface area contributed by atoms with E-state index in [1.165, 1.54) is 0 Å². The molecule has 1 saturated heterocycles. The predicted molar refractivity (Wildman–Crippen MR) is 84.2 cm³/mol. The lowest BCUT2D eigenvalue weighted by atomic mass is 9.93. The number of rotatable bonds is 4. The molecule has 1 fully saturated rings. The average Bonchev–Trinajstić information content (AvgIpc) is 2.46. The number of nitrogens with zero attached hydrogens (tertiary/aromatic N) is 1. The Morgan fingerprint density at radius 2 is 1.68 bits per heavy atom. The maximum absolute atomic E-state index is 12.4. The van der Waals surface area contributed by atoms with Crippen molar-refractivity contribution >= 4 is 27.4 Å². The van der Waals surface area contributed by atoms with Gasteiger partial charge in [0.15, 0.2) is 0 Å². The van der Waals surface area contributed by atoms with E-state index in [4.69, 9.17) is 0 Å². The first-order valence-electron chi connectivity index (χ1n) is 7.14. The Hall–Kier alpha value is -1.89. The van der Waals surface area contributed by atoms with E-state index in [9.17, 15) is 18.0 Å². The summed E-state index contributed by atoms with van der Waals surface area (Å²) in [5.41, 5.74) is 0.940. The first-order chi connectivity index (χ1) is 10.3. The van der Waals surface area contributed by atoms with Gasteiger partial charge in [0.2, 0.25) is 10.0 Å². The second-order valence-electron chi connectivity index (χ2n) is 5.63. The summed E-state index contributed by atoms with van der Waals surface area (Å²) in [6, 6.07) is 6.34. The minimum absolute atomic E-state index is 0.0605. The topological polar surface area (TPSA) is 83.6 Å². The van der Waals surface area contributed by atoms with E-state index >= 15 is 0 Å². The molecule has 1 aromatic carbocycles. The van der Waals surface area contributed by atoms with Crippen LogP contribution in [0.2, 0.25) is 0 Å². The van der Waals surface area contributed by atoms with Crippen molar-refractivity contribution in [3.8, 4) is 0 Å². The van der Waals surface area contributed by atoms with Crippen LogP contribution in [0.25, 0.3) is 0 Å². The van der Waals surface area contributed by atoms with Gasteiger partial charge in [0.1, 0.15) is 5.78 Å². The smallest absolute Gasteiger partial charge is 0.253 e. The molecule has 1 heterocycles. The third-order valence-electron chi connectivity index (χ3n) is 3.79. The van der Waals surface area contributed by atoms with Crippen molar-refractivity contribution in [1.29, 1.82) is 0 Å². The molecule has 0 saturated carbocycles. The highest BCUT2D eigenvalue weighted by molar-refractivity contribution is 7.92. The molecule has 0 aromatic heterocycles. The second-order valence-corrected chi connectivity index (χ2v) is 7.38. The molecule has 0 spiro atoms. The lowest BCUT2D eigenvalue weighted by Crippen LogP contribution is -2.39. The van der Waals surface area contributed by atoms with Crippen molar-refractivity contribution in [2.24, 2.45) is 5.92 Å². The standard InChI is InChI=1S/C15H20N2O4S/c1-11(18)12-7-9-17(10-8-12)15(19)13-3-5-14(6-4-13)16-22(2,20)21/h3-6,12,16H,7-10H2,1-2H3. The lowest BCUT2D eigenvalue weighted by Gasteiger charge is -2.31. The number of benzene rings is 1. The fourth-order valence-corrected chi connectivity index (χ4v) is 3.13. The van der Waals surface area contributed by atoms with Gasteiger partial charge in [-0.25, -0.2) is 8.42 Å². The third-order valence-corrected chi connectivity index (χ3v) is 4.40. The third kappa shape index (κ3) is 4.30. The molecule has 120 valence electrons. The minimum Gasteiger partial charge on any atom is -0.339 e. The molecular formula is C15H20N2O4S. The van der Waals surface area contributed by atoms with Crippen LogP contribution in [0.1, 0.15) is 30.1 Å². The van der Waals surface area contributed by atoms with Crippen LogP contribution in [0.3, 0.4) is 0 Å². The van der Waals surface area contributed by atoms with E-state index in [2.05, 4.69) is 4.72 Å². The summed E-state index contributed by atoms with van der Waals surface area (Å²) < 4.78 is 24.6. The van der Waals surface area contributed by atoms with Gasteiger partial charge in [-0.1, -0.05) is 0 Å². The number of hydrogen-bond donors (Lipinski definition) is 1. The maximum atomic E-state index is 12.4. The van der Waals surface area contributed by atoms with Gasteiger partial charge in [0.05, 0.1) is 6.26 Å². The maximum Gasteiger partial charge on any atom is 0.253 e. The number of carbonyl (C=O) groups excluding carboxylic acids is 2. The molecule has 0 unspecified atom stereocenters. The van der Waals surface area contributed by atoms with Crippen LogP contribution in [0.4, 0.5) is 5.69 Å². The molecule has 22 heavy (non-hydrogen) atoms. The summed E-state index contributed by atoms with van der Waals surface area (Å²) in [5, 5.41) is 0. The summed E-state index contributed by atoms with van der Waals surface area (Å²) in [5.74, 6) is 0.154. The normalized spacial score (nSPS) is 16.4. The highest BCUT2D eigenvalue weighted by Gasteiger charge is 2.25. The molecule has 1 N–H and O–H groups in total. The Balaban J connectivity index is 2.00. The summed E-state index contributed by atoms with van der Waals surface area (Å²) >= 11 is 0. The van der Waals surface area contributed by atoms with Crippen molar-refractivity contribution in [3.05, 3.63) is 29.8 Å². The van der Waals surface area contributed by atoms with Gasteiger partial charge in [0.25, 0.3) is 5.91 Å². The Bertz CT molecular complexity index is 659. The molecule has 0 aliphatic carbocycles. The Morgan fingerprint density at radius 1 is 1.14 bits per heavy atom. The summed E-state index contributed by atoms with van der Waals surface area (Å²) in [6.07, 6.45) is 2.48. The minimum atomic E-state index is -3.32. The zero-order valence-electron chi connectivity index (χ0n) is 12.7. The summed E-state index contributed by atoms with van der Waals surface area (Å²) in [4.78, 5) is 25.4. The van der Waals surface area contributed by atoms with E-state index in [0.717, 1.165) is 6.26 Å². The second kappa shape index (κ2) is 6.48. The zero-order chi connectivity index (χ0) is 16.3. The number of carbonyl (C=O) groups is 2. The van der Waals surface area contributed by atoms with Crippen molar-refractivity contribution < 1.29 is 18.0 Å². The SMILES string of the molecule is CC(=O)C1CCN(C(=O)c2ccc(NS(C)(=O)=O)cc2)CC1. The quantitative estimate of drug-likeness (QED) is 0.910. The fourth-order valence-electron chi connectivity index (χ4n) is 2.57. The molecular weight excluding hydrogens is 304 g/mol. The molecule has 1 aliphatic heterocycles. The van der Waals surface area contributed by atoms with Crippen LogP contribution in [-0.4, -0.2) is 44.4 Å². The number of hydrogen-bond acceptors (Lipinski definition) is 4. The van der Waals surface area contributed by atoms with Gasteiger partial charge in [-0.05, 0) is 44.0 Å². The highest BCUT2D eigenvalue weighted by atomic mass is 32.2. The number of sulfonamides is 1. The molecule has 1 aromatic rings. The largest absolute Gasteiger partial charge is 0.339 e. The average molecular weight is 324 g/mol. The molecule has 1 amide bonds. The van der Waals surface area contributed by atoms with Crippen molar-refractivity contribution in [2.75, 3.05) is 24.1 Å². The lowest BCUT2D eigenvalue weighted by molar-refractivity contribution is -0.121. The van der Waals surface area contributed by atoms with Crippen LogP contribution >= 0.6 is 0 Å². The van der Waals surface area contributed by atoms with Gasteiger partial charge >= 0.3 is 0 Å². The number of likely N-dealkylation sites (tertiary alicyclic amines) is 1. The Morgan fingerprint density at radius 3 is 2.14 bits per heavy atom. The van der Waals surface area contributed by atoms with Gasteiger partial charge in [0, 0.05) is 30.3 Å². The monoisotopic (exact) mass is 324 g/mol. The number of ketones is 1. The number of amides is 1. The molecule has 0 bridgehead atoms. The van der Waals surface area contributed by atoms with Crippen LogP contribution in [0.15, 0.2) is 24.3 Å².